The molecule has 16 heavy (non-hydrogen) atoms. The van der Waals surface area contributed by atoms with Crippen LogP contribution in [0.3, 0.4) is 0 Å². The van der Waals surface area contributed by atoms with Crippen LogP contribution in [0, 0.1) is 12.8 Å². The summed E-state index contributed by atoms with van der Waals surface area (Å²) in [6.07, 6.45) is 3.79. The number of anilines is 1. The first-order valence-corrected chi connectivity index (χ1v) is 6.87. The summed E-state index contributed by atoms with van der Waals surface area (Å²) in [6.45, 7) is 8.74. The highest BCUT2D eigenvalue weighted by Gasteiger charge is 2.24. The van der Waals surface area contributed by atoms with Gasteiger partial charge in [0.15, 0.2) is 0 Å². The van der Waals surface area contributed by atoms with E-state index in [2.05, 4.69) is 40.5 Å². The molecule has 1 fully saturated rings. The van der Waals surface area contributed by atoms with E-state index in [0.29, 0.717) is 5.25 Å². The average molecular weight is 237 g/mol. The van der Waals surface area contributed by atoms with Crippen LogP contribution in [0.2, 0.25) is 0 Å². The van der Waals surface area contributed by atoms with E-state index in [9.17, 15) is 0 Å². The van der Waals surface area contributed by atoms with Gasteiger partial charge in [0.25, 0.3) is 0 Å². The molecular weight excluding hydrogens is 218 g/mol. The van der Waals surface area contributed by atoms with Gasteiger partial charge in [-0.25, -0.2) is 9.97 Å². The molecule has 88 valence electrons. The Morgan fingerprint density at radius 1 is 1.38 bits per heavy atom. The van der Waals surface area contributed by atoms with Gasteiger partial charge in [-0.3, -0.25) is 0 Å². The van der Waals surface area contributed by atoms with Gasteiger partial charge in [-0.05, 0) is 18.4 Å². The first kappa shape index (κ1) is 11.7. The molecule has 0 bridgehead atoms. The standard InChI is InChI=1S/C12H19N3S/c1-9(2)11-8-15(4-5-16-11)12-13-6-10(3)7-14-12/h6-7,9,11H,4-5,8H2,1-3H3. The fraction of sp³-hybridized carbons (Fsp3) is 0.667. The Morgan fingerprint density at radius 2 is 2.06 bits per heavy atom. The van der Waals surface area contributed by atoms with Crippen LogP contribution in [0.15, 0.2) is 12.4 Å². The molecule has 0 aliphatic carbocycles. The lowest BCUT2D eigenvalue weighted by atomic mass is 10.1. The zero-order valence-electron chi connectivity index (χ0n) is 10.2. The molecule has 2 rings (SSSR count). The Balaban J connectivity index is 2.06. The summed E-state index contributed by atoms with van der Waals surface area (Å²) in [7, 11) is 0. The van der Waals surface area contributed by atoms with Crippen molar-refractivity contribution in [1.82, 2.24) is 9.97 Å². The number of hydrogen-bond acceptors (Lipinski definition) is 4. The van der Waals surface area contributed by atoms with Gasteiger partial charge in [-0.1, -0.05) is 13.8 Å². The van der Waals surface area contributed by atoms with E-state index >= 15 is 0 Å². The quantitative estimate of drug-likeness (QED) is 0.789. The molecule has 0 radical (unpaired) electrons. The average Bonchev–Trinajstić information content (AvgIpc) is 2.30. The number of hydrogen-bond donors (Lipinski definition) is 0. The lowest BCUT2D eigenvalue weighted by Crippen LogP contribution is -2.40. The number of aromatic nitrogens is 2. The van der Waals surface area contributed by atoms with E-state index in [1.807, 2.05) is 19.3 Å². The van der Waals surface area contributed by atoms with Gasteiger partial charge in [-0.2, -0.15) is 11.8 Å². The Labute approximate surface area is 102 Å². The minimum Gasteiger partial charge on any atom is -0.339 e. The van der Waals surface area contributed by atoms with Crippen molar-refractivity contribution in [2.75, 3.05) is 23.7 Å². The Hall–Kier alpha value is -0.770. The van der Waals surface area contributed by atoms with Crippen molar-refractivity contribution in [1.29, 1.82) is 0 Å². The Morgan fingerprint density at radius 3 is 2.69 bits per heavy atom. The number of rotatable bonds is 2. The van der Waals surface area contributed by atoms with E-state index < -0.39 is 0 Å². The van der Waals surface area contributed by atoms with Gasteiger partial charge >= 0.3 is 0 Å². The minimum atomic E-state index is 0.707. The van der Waals surface area contributed by atoms with Crippen molar-refractivity contribution < 1.29 is 0 Å². The molecule has 4 heteroatoms. The highest BCUT2D eigenvalue weighted by Crippen LogP contribution is 2.26. The maximum absolute atomic E-state index is 4.40. The zero-order valence-corrected chi connectivity index (χ0v) is 11.0. The van der Waals surface area contributed by atoms with Crippen LogP contribution in [0.1, 0.15) is 19.4 Å². The van der Waals surface area contributed by atoms with Crippen molar-refractivity contribution in [2.45, 2.75) is 26.0 Å². The van der Waals surface area contributed by atoms with Crippen molar-refractivity contribution in [3.63, 3.8) is 0 Å². The summed E-state index contributed by atoms with van der Waals surface area (Å²) in [4.78, 5) is 11.1. The summed E-state index contributed by atoms with van der Waals surface area (Å²) in [5, 5.41) is 0.707. The lowest BCUT2D eigenvalue weighted by Gasteiger charge is -2.34. The third-order valence-corrected chi connectivity index (χ3v) is 4.43. The van der Waals surface area contributed by atoms with E-state index in [1.54, 1.807) is 0 Å². The molecule has 0 aromatic carbocycles. The molecule has 1 unspecified atom stereocenters. The van der Waals surface area contributed by atoms with E-state index in [4.69, 9.17) is 0 Å². The van der Waals surface area contributed by atoms with Gasteiger partial charge in [0.05, 0.1) is 0 Å². The summed E-state index contributed by atoms with van der Waals surface area (Å²) in [6, 6.07) is 0. The molecule has 0 amide bonds. The molecule has 0 saturated carbocycles. The molecule has 1 aliphatic rings. The minimum absolute atomic E-state index is 0.707. The second-order valence-corrected chi connectivity index (χ2v) is 6.01. The first-order chi connectivity index (χ1) is 7.66. The summed E-state index contributed by atoms with van der Waals surface area (Å²) >= 11 is 2.08. The topological polar surface area (TPSA) is 29.0 Å². The third kappa shape index (κ3) is 2.67. The molecule has 1 saturated heterocycles. The fourth-order valence-electron chi connectivity index (χ4n) is 1.81. The normalized spacial score (nSPS) is 21.5. The molecule has 1 aliphatic heterocycles. The third-order valence-electron chi connectivity index (χ3n) is 2.89. The fourth-order valence-corrected chi connectivity index (χ4v) is 3.11. The van der Waals surface area contributed by atoms with Gasteiger partial charge in [-0.15, -0.1) is 0 Å². The van der Waals surface area contributed by atoms with Gasteiger partial charge in [0.2, 0.25) is 5.95 Å². The number of nitrogens with zero attached hydrogens (tertiary/aromatic N) is 3. The number of aryl methyl sites for hydroxylation is 1. The molecule has 3 nitrogen and oxygen atoms in total. The van der Waals surface area contributed by atoms with Crippen LogP contribution >= 0.6 is 11.8 Å². The van der Waals surface area contributed by atoms with E-state index in [0.717, 1.165) is 30.5 Å². The Bertz CT molecular complexity index is 337. The summed E-state index contributed by atoms with van der Waals surface area (Å²) < 4.78 is 0. The van der Waals surface area contributed by atoms with Gasteiger partial charge < -0.3 is 4.90 Å². The van der Waals surface area contributed by atoms with Crippen LogP contribution in [0.25, 0.3) is 0 Å². The molecular formula is C12H19N3S. The maximum Gasteiger partial charge on any atom is 0.225 e. The predicted octanol–water partition coefficient (Wildman–Crippen LogP) is 2.36. The van der Waals surface area contributed by atoms with E-state index in [-0.39, 0.29) is 0 Å². The van der Waals surface area contributed by atoms with Crippen LogP contribution < -0.4 is 4.90 Å². The molecule has 0 N–H and O–H groups in total. The maximum atomic E-state index is 4.40. The molecule has 2 heterocycles. The number of thioether (sulfide) groups is 1. The van der Waals surface area contributed by atoms with Gasteiger partial charge in [0, 0.05) is 36.5 Å². The van der Waals surface area contributed by atoms with Crippen LogP contribution in [-0.4, -0.2) is 34.1 Å². The van der Waals surface area contributed by atoms with Crippen molar-refractivity contribution in [3.8, 4) is 0 Å². The van der Waals surface area contributed by atoms with Crippen molar-refractivity contribution >= 4 is 17.7 Å². The zero-order chi connectivity index (χ0) is 11.5. The Kier molecular flexibility index (Phi) is 3.69. The van der Waals surface area contributed by atoms with E-state index in [1.165, 1.54) is 5.75 Å². The molecule has 1 aromatic heterocycles. The van der Waals surface area contributed by atoms with Crippen molar-refractivity contribution in [3.05, 3.63) is 18.0 Å². The van der Waals surface area contributed by atoms with Crippen LogP contribution in [0.4, 0.5) is 5.95 Å². The predicted molar refractivity (Wildman–Crippen MR) is 70.1 cm³/mol. The largest absolute Gasteiger partial charge is 0.339 e. The van der Waals surface area contributed by atoms with Crippen LogP contribution in [-0.2, 0) is 0 Å². The first-order valence-electron chi connectivity index (χ1n) is 5.82. The molecule has 0 spiro atoms. The smallest absolute Gasteiger partial charge is 0.225 e. The summed E-state index contributed by atoms with van der Waals surface area (Å²) in [5.41, 5.74) is 1.12. The molecule has 1 aromatic rings. The highest BCUT2D eigenvalue weighted by atomic mass is 32.2. The lowest BCUT2D eigenvalue weighted by molar-refractivity contribution is 0.577. The second kappa shape index (κ2) is 5.04. The summed E-state index contributed by atoms with van der Waals surface area (Å²) in [5.74, 6) is 2.79. The molecule has 1 atom stereocenters. The SMILES string of the molecule is Cc1cnc(N2CCSC(C(C)C)C2)nc1. The van der Waals surface area contributed by atoms with Crippen LogP contribution in [0.5, 0.6) is 0 Å². The van der Waals surface area contributed by atoms with Crippen molar-refractivity contribution in [2.24, 2.45) is 5.92 Å². The monoisotopic (exact) mass is 237 g/mol. The second-order valence-electron chi connectivity index (χ2n) is 4.66. The van der Waals surface area contributed by atoms with Gasteiger partial charge in [0.1, 0.15) is 0 Å². The highest BCUT2D eigenvalue weighted by molar-refractivity contribution is 8.00.